The number of rotatable bonds is 12. The average Bonchev–Trinajstić information content (AvgIpc) is 2.93. The number of anilines is 1. The molecule has 3 aromatic rings. The van der Waals surface area contributed by atoms with Gasteiger partial charge in [0, 0.05) is 30.6 Å². The predicted octanol–water partition coefficient (Wildman–Crippen LogP) is 1.93. The van der Waals surface area contributed by atoms with E-state index in [1.807, 2.05) is 31.1 Å². The number of esters is 1. The normalized spacial score (nSPS) is 12.9. The van der Waals surface area contributed by atoms with E-state index in [4.69, 9.17) is 0 Å². The lowest BCUT2D eigenvalue weighted by molar-refractivity contribution is -0.141. The van der Waals surface area contributed by atoms with E-state index < -0.39 is 39.9 Å². The van der Waals surface area contributed by atoms with Crippen molar-refractivity contribution in [3.05, 3.63) is 66.2 Å². The minimum absolute atomic E-state index is 0.00145. The molecule has 0 saturated heterocycles. The molecule has 0 heterocycles. The van der Waals surface area contributed by atoms with Gasteiger partial charge in [0.2, 0.25) is 21.8 Å². The molecule has 41 heavy (non-hydrogen) atoms. The Morgan fingerprint density at radius 2 is 1.56 bits per heavy atom. The number of ether oxygens (including phenoxy) is 1. The number of fused-ring (bicyclic) bond motifs is 1. The quantitative estimate of drug-likeness (QED) is 0.236. The zero-order valence-corrected chi connectivity index (χ0v) is 24.5. The van der Waals surface area contributed by atoms with Crippen LogP contribution in [0.25, 0.3) is 10.8 Å². The summed E-state index contributed by atoms with van der Waals surface area (Å²) in [5.74, 6) is -2.37. The minimum atomic E-state index is -4.24. The first-order chi connectivity index (χ1) is 19.3. The number of hydrogen-bond acceptors (Lipinski definition) is 8. The number of nitrogens with one attached hydrogen (secondary N) is 3. The molecule has 0 aliphatic heterocycles. The van der Waals surface area contributed by atoms with Gasteiger partial charge in [0.15, 0.2) is 0 Å². The van der Waals surface area contributed by atoms with E-state index >= 15 is 0 Å². The van der Waals surface area contributed by atoms with Gasteiger partial charge < -0.3 is 25.4 Å². The molecule has 3 rings (SSSR count). The van der Waals surface area contributed by atoms with E-state index in [9.17, 15) is 27.9 Å². The maximum atomic E-state index is 13.8. The molecular weight excluding hydrogens is 548 g/mol. The SMILES string of the molecule is COC(=O)CNC(=O)[C@@H](NC(=O)[C@H](Cc1ccc(O)cc1)NS(=O)(=O)c1cccc2c(N(C)C)cccc12)C(C)C. The van der Waals surface area contributed by atoms with E-state index in [1.165, 1.54) is 25.3 Å². The number of hydrogen-bond donors (Lipinski definition) is 4. The van der Waals surface area contributed by atoms with Gasteiger partial charge in [-0.05, 0) is 42.2 Å². The zero-order chi connectivity index (χ0) is 30.3. The van der Waals surface area contributed by atoms with Gasteiger partial charge in [0.25, 0.3) is 0 Å². The second-order valence-electron chi connectivity index (χ2n) is 10.1. The lowest BCUT2D eigenvalue weighted by Crippen LogP contribution is -2.56. The van der Waals surface area contributed by atoms with E-state index in [-0.39, 0.29) is 29.5 Å². The molecule has 0 aliphatic rings. The minimum Gasteiger partial charge on any atom is -0.508 e. The van der Waals surface area contributed by atoms with Gasteiger partial charge in [-0.1, -0.05) is 50.2 Å². The van der Waals surface area contributed by atoms with Gasteiger partial charge in [0.05, 0.1) is 12.0 Å². The summed E-state index contributed by atoms with van der Waals surface area (Å²) in [5.41, 5.74) is 1.41. The predicted molar refractivity (Wildman–Crippen MR) is 156 cm³/mol. The third-order valence-electron chi connectivity index (χ3n) is 6.50. The van der Waals surface area contributed by atoms with Gasteiger partial charge in [-0.2, -0.15) is 4.72 Å². The Hall–Kier alpha value is -4.16. The van der Waals surface area contributed by atoms with Crippen molar-refractivity contribution in [2.75, 3.05) is 32.6 Å². The van der Waals surface area contributed by atoms with Crippen LogP contribution in [0.15, 0.2) is 65.6 Å². The smallest absolute Gasteiger partial charge is 0.325 e. The monoisotopic (exact) mass is 584 g/mol. The van der Waals surface area contributed by atoms with E-state index in [0.29, 0.717) is 10.9 Å². The highest BCUT2D eigenvalue weighted by Crippen LogP contribution is 2.30. The molecule has 11 nitrogen and oxygen atoms in total. The highest BCUT2D eigenvalue weighted by atomic mass is 32.2. The van der Waals surface area contributed by atoms with Crippen molar-refractivity contribution in [1.82, 2.24) is 15.4 Å². The van der Waals surface area contributed by atoms with Crippen molar-refractivity contribution in [3.8, 4) is 5.75 Å². The van der Waals surface area contributed by atoms with Crippen LogP contribution in [0.4, 0.5) is 5.69 Å². The van der Waals surface area contributed by atoms with Gasteiger partial charge >= 0.3 is 5.97 Å². The molecule has 12 heteroatoms. The third kappa shape index (κ3) is 7.95. The lowest BCUT2D eigenvalue weighted by atomic mass is 10.0. The molecule has 0 saturated carbocycles. The van der Waals surface area contributed by atoms with Crippen LogP contribution in [0.2, 0.25) is 0 Å². The fraction of sp³-hybridized carbons (Fsp3) is 0.345. The van der Waals surface area contributed by atoms with Crippen molar-refractivity contribution in [3.63, 3.8) is 0 Å². The summed E-state index contributed by atoms with van der Waals surface area (Å²) >= 11 is 0. The molecule has 2 amide bonds. The highest BCUT2D eigenvalue weighted by molar-refractivity contribution is 7.89. The standard InChI is InChI=1S/C29H36N4O7S/c1-18(2)27(29(37)30-17-26(35)40-5)31-28(36)23(16-19-12-14-20(34)15-13-19)32-41(38,39)25-11-7-8-21-22(25)9-6-10-24(21)33(3)4/h6-15,18,23,27,32,34H,16-17H2,1-5H3,(H,30,37)(H,31,36)/t23-,27-/m0/s1. The number of phenolic OH excluding ortho intramolecular Hbond substituents is 1. The first-order valence-corrected chi connectivity index (χ1v) is 14.5. The number of carbonyl (C=O) groups is 3. The average molecular weight is 585 g/mol. The highest BCUT2D eigenvalue weighted by Gasteiger charge is 2.32. The fourth-order valence-corrected chi connectivity index (χ4v) is 5.74. The van der Waals surface area contributed by atoms with Crippen LogP contribution in [-0.2, 0) is 35.6 Å². The Kier molecular flexibility index (Phi) is 10.3. The van der Waals surface area contributed by atoms with E-state index in [0.717, 1.165) is 11.1 Å². The second-order valence-corrected chi connectivity index (χ2v) is 11.8. The molecule has 0 bridgehead atoms. The number of benzene rings is 3. The van der Waals surface area contributed by atoms with Crippen molar-refractivity contribution in [2.45, 2.75) is 37.2 Å². The maximum Gasteiger partial charge on any atom is 0.325 e. The van der Waals surface area contributed by atoms with E-state index in [1.54, 1.807) is 44.2 Å². The van der Waals surface area contributed by atoms with Gasteiger partial charge in [0.1, 0.15) is 24.4 Å². The molecular formula is C29H36N4O7S. The summed E-state index contributed by atoms with van der Waals surface area (Å²) in [4.78, 5) is 39.7. The summed E-state index contributed by atoms with van der Waals surface area (Å²) in [6, 6.07) is 13.9. The Labute approximate surface area is 239 Å². The molecule has 0 spiro atoms. The number of phenols is 1. The number of methoxy groups -OCH3 is 1. The summed E-state index contributed by atoms with van der Waals surface area (Å²) < 4.78 is 34.6. The van der Waals surface area contributed by atoms with Crippen LogP contribution in [0.3, 0.4) is 0 Å². The van der Waals surface area contributed by atoms with Crippen LogP contribution in [0, 0.1) is 5.92 Å². The van der Waals surface area contributed by atoms with Crippen molar-refractivity contribution < 1.29 is 32.6 Å². The second kappa shape index (κ2) is 13.5. The van der Waals surface area contributed by atoms with Gasteiger partial charge in [-0.3, -0.25) is 14.4 Å². The first-order valence-electron chi connectivity index (χ1n) is 13.0. The molecule has 0 unspecified atom stereocenters. The zero-order valence-electron chi connectivity index (χ0n) is 23.7. The molecule has 0 fully saturated rings. The molecule has 3 aromatic carbocycles. The Morgan fingerprint density at radius 1 is 0.927 bits per heavy atom. The Morgan fingerprint density at radius 3 is 2.17 bits per heavy atom. The van der Waals surface area contributed by atoms with Crippen LogP contribution in [0.5, 0.6) is 5.75 Å². The fourth-order valence-electron chi connectivity index (χ4n) is 4.33. The number of sulfonamides is 1. The molecule has 220 valence electrons. The van der Waals surface area contributed by atoms with Crippen LogP contribution in [0.1, 0.15) is 19.4 Å². The summed E-state index contributed by atoms with van der Waals surface area (Å²) in [6.45, 7) is 3.04. The number of carbonyl (C=O) groups excluding carboxylic acids is 3. The third-order valence-corrected chi connectivity index (χ3v) is 8.03. The molecule has 0 aromatic heterocycles. The van der Waals surface area contributed by atoms with E-state index in [2.05, 4.69) is 20.1 Å². The van der Waals surface area contributed by atoms with Crippen LogP contribution < -0.4 is 20.3 Å². The number of aromatic hydroxyl groups is 1. The topological polar surface area (TPSA) is 154 Å². The largest absolute Gasteiger partial charge is 0.508 e. The maximum absolute atomic E-state index is 13.8. The van der Waals surface area contributed by atoms with Crippen molar-refractivity contribution in [1.29, 1.82) is 0 Å². The summed E-state index contributed by atoms with van der Waals surface area (Å²) in [5, 5.41) is 15.9. The number of nitrogens with zero attached hydrogens (tertiary/aromatic N) is 1. The summed E-state index contributed by atoms with van der Waals surface area (Å²) in [7, 11) is 0.664. The number of amides is 2. The Bertz CT molecular complexity index is 1510. The molecule has 4 N–H and O–H groups in total. The van der Waals surface area contributed by atoms with Crippen molar-refractivity contribution in [2.24, 2.45) is 5.92 Å². The van der Waals surface area contributed by atoms with Crippen LogP contribution in [-0.4, -0.2) is 71.1 Å². The Balaban J connectivity index is 1.96. The molecule has 0 aliphatic carbocycles. The molecule has 0 radical (unpaired) electrons. The van der Waals surface area contributed by atoms with Crippen LogP contribution >= 0.6 is 0 Å². The lowest BCUT2D eigenvalue weighted by Gasteiger charge is -2.25. The first kappa shape index (κ1) is 31.4. The molecule has 2 atom stereocenters. The van der Waals surface area contributed by atoms with Gasteiger partial charge in [-0.15, -0.1) is 0 Å². The van der Waals surface area contributed by atoms with Gasteiger partial charge in [-0.25, -0.2) is 8.42 Å². The van der Waals surface area contributed by atoms with Crippen molar-refractivity contribution >= 4 is 44.3 Å². The summed E-state index contributed by atoms with van der Waals surface area (Å²) in [6.07, 6.45) is -0.0619.